The molecule has 0 spiro atoms. The smallest absolute Gasteiger partial charge is 0.311 e. The van der Waals surface area contributed by atoms with E-state index in [1.54, 1.807) is 39.0 Å². The Morgan fingerprint density at radius 3 is 2.46 bits per heavy atom. The van der Waals surface area contributed by atoms with E-state index < -0.39 is 41.5 Å². The summed E-state index contributed by atoms with van der Waals surface area (Å²) in [6, 6.07) is 0. The summed E-state index contributed by atoms with van der Waals surface area (Å²) in [4.78, 5) is 31.0. The average molecular weight is 508 g/mol. The van der Waals surface area contributed by atoms with Crippen molar-refractivity contribution in [1.29, 1.82) is 0 Å². The molecule has 0 radical (unpaired) electrons. The Bertz CT molecular complexity index is 940. The first kappa shape index (κ1) is 28.0. The Morgan fingerprint density at radius 2 is 1.83 bits per heavy atom. The molecular weight excluding hydrogens is 466 g/mol. The van der Waals surface area contributed by atoms with Crippen LogP contribution in [0.25, 0.3) is 6.08 Å². The molecule has 3 heterocycles. The van der Waals surface area contributed by atoms with Crippen LogP contribution in [-0.4, -0.2) is 57.5 Å². The van der Waals surface area contributed by atoms with Gasteiger partial charge in [0.1, 0.15) is 11.9 Å². The lowest BCUT2D eigenvalue weighted by Crippen LogP contribution is -2.49. The van der Waals surface area contributed by atoms with E-state index in [4.69, 9.17) is 9.47 Å². The molecule has 0 amide bonds. The van der Waals surface area contributed by atoms with Crippen molar-refractivity contribution in [2.24, 2.45) is 23.2 Å². The van der Waals surface area contributed by atoms with Crippen LogP contribution in [0.1, 0.15) is 77.9 Å². The number of aryl methyl sites for hydroxylation is 1. The molecule has 1 aromatic heterocycles. The summed E-state index contributed by atoms with van der Waals surface area (Å²) in [6.45, 7) is 12.4. The molecule has 8 atom stereocenters. The molecule has 2 fully saturated rings. The van der Waals surface area contributed by atoms with E-state index in [0.29, 0.717) is 6.42 Å². The zero-order chi connectivity index (χ0) is 26.1. The molecule has 35 heavy (non-hydrogen) atoms. The van der Waals surface area contributed by atoms with Gasteiger partial charge in [0.05, 0.1) is 46.5 Å². The largest absolute Gasteiger partial charge is 0.457 e. The van der Waals surface area contributed by atoms with Gasteiger partial charge in [-0.05, 0) is 51.2 Å². The highest BCUT2D eigenvalue weighted by Gasteiger charge is 2.46. The van der Waals surface area contributed by atoms with Gasteiger partial charge in [-0.25, -0.2) is 4.98 Å². The number of carbonyl (C=O) groups is 2. The highest BCUT2D eigenvalue weighted by atomic mass is 32.1. The van der Waals surface area contributed by atoms with Crippen molar-refractivity contribution >= 4 is 29.2 Å². The number of ketones is 1. The quantitative estimate of drug-likeness (QED) is 0.453. The molecule has 196 valence electrons. The molecule has 8 heteroatoms. The summed E-state index contributed by atoms with van der Waals surface area (Å²) in [6.07, 6.45) is 2.50. The second kappa shape index (κ2) is 11.2. The van der Waals surface area contributed by atoms with Crippen molar-refractivity contribution in [3.05, 3.63) is 21.7 Å². The van der Waals surface area contributed by atoms with Crippen LogP contribution in [0.2, 0.25) is 0 Å². The number of epoxide rings is 1. The molecule has 2 N–H and O–H groups in total. The Kier molecular flexibility index (Phi) is 8.95. The lowest BCUT2D eigenvalue weighted by atomic mass is 9.71. The van der Waals surface area contributed by atoms with Crippen LogP contribution in [0.5, 0.6) is 0 Å². The normalized spacial score (nSPS) is 37.5. The van der Waals surface area contributed by atoms with Gasteiger partial charge < -0.3 is 19.7 Å². The second-order valence-corrected chi connectivity index (χ2v) is 12.1. The van der Waals surface area contributed by atoms with Crippen LogP contribution < -0.4 is 0 Å². The minimum atomic E-state index is -1.25. The number of hydrogen-bond acceptors (Lipinski definition) is 8. The van der Waals surface area contributed by atoms with Crippen LogP contribution in [0.4, 0.5) is 0 Å². The summed E-state index contributed by atoms with van der Waals surface area (Å²) in [5.41, 5.74) is 0.461. The third-order valence-corrected chi connectivity index (χ3v) is 8.58. The van der Waals surface area contributed by atoms with Gasteiger partial charge in [0.15, 0.2) is 0 Å². The molecule has 2 aliphatic rings. The molecule has 1 unspecified atom stereocenters. The summed E-state index contributed by atoms with van der Waals surface area (Å²) >= 11 is 1.56. The fraction of sp³-hybridized carbons (Fsp3) is 0.741. The first-order valence-corrected chi connectivity index (χ1v) is 13.6. The van der Waals surface area contributed by atoms with E-state index >= 15 is 0 Å². The van der Waals surface area contributed by atoms with Gasteiger partial charge in [0.2, 0.25) is 0 Å². The molecule has 0 aromatic carbocycles. The van der Waals surface area contributed by atoms with Crippen molar-refractivity contribution in [3.63, 3.8) is 0 Å². The highest BCUT2D eigenvalue weighted by molar-refractivity contribution is 7.09. The first-order chi connectivity index (χ1) is 16.3. The van der Waals surface area contributed by atoms with E-state index in [2.05, 4.69) is 4.98 Å². The maximum atomic E-state index is 13.3. The maximum absolute atomic E-state index is 13.3. The van der Waals surface area contributed by atoms with Crippen LogP contribution >= 0.6 is 11.3 Å². The number of aliphatic hydroxyl groups excluding tert-OH is 2. The van der Waals surface area contributed by atoms with Crippen molar-refractivity contribution in [2.45, 2.75) is 105 Å². The lowest BCUT2D eigenvalue weighted by Gasteiger charge is -2.36. The Morgan fingerprint density at radius 1 is 1.14 bits per heavy atom. The molecule has 0 saturated carbocycles. The first-order valence-electron chi connectivity index (χ1n) is 12.7. The van der Waals surface area contributed by atoms with Crippen molar-refractivity contribution in [3.8, 4) is 0 Å². The van der Waals surface area contributed by atoms with Gasteiger partial charge in [-0.1, -0.05) is 34.1 Å². The number of aliphatic hydroxyl groups is 2. The van der Waals surface area contributed by atoms with Gasteiger partial charge in [-0.3, -0.25) is 9.59 Å². The van der Waals surface area contributed by atoms with Crippen LogP contribution in [0.3, 0.4) is 0 Å². The second-order valence-electron chi connectivity index (χ2n) is 11.1. The number of thiazole rings is 1. The molecule has 2 saturated heterocycles. The summed E-state index contributed by atoms with van der Waals surface area (Å²) in [5.74, 6) is -2.45. The van der Waals surface area contributed by atoms with Gasteiger partial charge in [0, 0.05) is 17.7 Å². The number of cyclic esters (lactones) is 1. The van der Waals surface area contributed by atoms with Crippen molar-refractivity contribution < 1.29 is 29.3 Å². The Labute approximate surface area is 212 Å². The third kappa shape index (κ3) is 6.59. The number of rotatable bonds is 2. The number of hydrogen-bond donors (Lipinski definition) is 2. The van der Waals surface area contributed by atoms with Crippen molar-refractivity contribution in [2.75, 3.05) is 0 Å². The molecule has 7 nitrogen and oxygen atoms in total. The highest BCUT2D eigenvalue weighted by Crippen LogP contribution is 2.37. The van der Waals surface area contributed by atoms with E-state index in [1.165, 1.54) is 0 Å². The predicted molar refractivity (Wildman–Crippen MR) is 136 cm³/mol. The number of fused-ring (bicyclic) bond motifs is 1. The van der Waals surface area contributed by atoms with Gasteiger partial charge >= 0.3 is 5.97 Å². The van der Waals surface area contributed by atoms with Gasteiger partial charge in [-0.2, -0.15) is 0 Å². The molecule has 0 aliphatic carbocycles. The van der Waals surface area contributed by atoms with Gasteiger partial charge in [-0.15, -0.1) is 11.3 Å². The van der Waals surface area contributed by atoms with E-state index in [-0.39, 0.29) is 23.9 Å². The molecular formula is C27H41NO6S. The minimum Gasteiger partial charge on any atom is -0.457 e. The maximum Gasteiger partial charge on any atom is 0.311 e. The van der Waals surface area contributed by atoms with Gasteiger partial charge in [0.25, 0.3) is 0 Å². The zero-order valence-electron chi connectivity index (χ0n) is 22.0. The van der Waals surface area contributed by atoms with E-state index in [1.807, 2.05) is 32.2 Å². The molecule has 2 aliphatic heterocycles. The zero-order valence-corrected chi connectivity index (χ0v) is 22.8. The summed E-state index contributed by atoms with van der Waals surface area (Å²) in [7, 11) is 0. The number of esters is 1. The molecule has 3 rings (SSSR count). The number of nitrogens with zero attached hydrogens (tertiary/aromatic N) is 1. The monoisotopic (exact) mass is 507 g/mol. The van der Waals surface area contributed by atoms with Crippen LogP contribution in [0.15, 0.2) is 11.0 Å². The average Bonchev–Trinajstić information content (AvgIpc) is 3.42. The summed E-state index contributed by atoms with van der Waals surface area (Å²) in [5, 5.41) is 24.8. The fourth-order valence-corrected chi connectivity index (χ4v) is 5.71. The number of Topliss-reactive ketones (excluding diaryl/α,β-unsaturated/α-hetero) is 1. The van der Waals surface area contributed by atoms with E-state index in [0.717, 1.165) is 35.5 Å². The number of aromatic nitrogens is 1. The van der Waals surface area contributed by atoms with Crippen LogP contribution in [0, 0.1) is 30.1 Å². The Balaban J connectivity index is 1.87. The SMILES string of the molecule is CC(=Cc1csc(C)n1)[C@@H]1C[C@@H]2O[C@H]2CCC[C@H](C)[C@H](O)[C@@H](C)C(=O)C(C)(C)[C@@H](O)C(C)C(=O)O1. The predicted octanol–water partition coefficient (Wildman–Crippen LogP) is 4.33. The van der Waals surface area contributed by atoms with E-state index in [9.17, 15) is 19.8 Å². The van der Waals surface area contributed by atoms with Crippen LogP contribution in [-0.2, 0) is 19.1 Å². The fourth-order valence-electron chi connectivity index (χ4n) is 5.14. The lowest BCUT2D eigenvalue weighted by molar-refractivity contribution is -0.162. The van der Waals surface area contributed by atoms with Crippen molar-refractivity contribution in [1.82, 2.24) is 4.98 Å². The molecule has 0 bridgehead atoms. The number of carbonyl (C=O) groups excluding carboxylic acids is 2. The third-order valence-electron chi connectivity index (χ3n) is 7.79. The Hall–Kier alpha value is -1.61. The standard InChI is InChI=1S/C27H41NO6S/c1-14-9-8-10-20-22(33-20)12-21(15(2)11-19-13-35-18(5)28-19)34-26(32)17(4)25(31)27(6,7)24(30)16(3)23(14)29/h11,13-14,16-17,20-23,25,29,31H,8-10,12H2,1-7H3/t14-,16+,17?,20-,21-,22-,23-,25-/m0/s1. The molecule has 1 aromatic rings. The minimum absolute atomic E-state index is 0.00127. The summed E-state index contributed by atoms with van der Waals surface area (Å²) < 4.78 is 11.8. The topological polar surface area (TPSA) is 109 Å². The number of ether oxygens (including phenoxy) is 2.